The van der Waals surface area contributed by atoms with E-state index < -0.39 is 10.0 Å². The molecule has 23 heavy (non-hydrogen) atoms. The van der Waals surface area contributed by atoms with E-state index in [1.807, 2.05) is 25.1 Å². The van der Waals surface area contributed by atoms with E-state index in [-0.39, 0.29) is 11.4 Å². The second kappa shape index (κ2) is 7.48. The Bertz CT molecular complexity index is 772. The number of hydrogen-bond acceptors (Lipinski definition) is 4. The number of sulfonamides is 1. The van der Waals surface area contributed by atoms with Crippen LogP contribution >= 0.6 is 0 Å². The molecule has 0 aliphatic heterocycles. The first kappa shape index (κ1) is 17.3. The summed E-state index contributed by atoms with van der Waals surface area (Å²) in [7, 11) is -0.371. The zero-order valence-electron chi connectivity index (χ0n) is 13.5. The highest BCUT2D eigenvalue weighted by atomic mass is 32.2. The fourth-order valence-corrected chi connectivity index (χ4v) is 3.47. The van der Waals surface area contributed by atoms with E-state index in [0.29, 0.717) is 17.9 Å². The largest absolute Gasteiger partial charge is 0.493 e. The van der Waals surface area contributed by atoms with Crippen LogP contribution in [0.15, 0.2) is 47.4 Å². The van der Waals surface area contributed by atoms with Crippen molar-refractivity contribution in [2.75, 3.05) is 20.8 Å². The molecule has 0 unspecified atom stereocenters. The SMILES string of the molecule is COc1cccc(CCNS(=O)(=O)c2cccc(C)c2)c1OC. The summed E-state index contributed by atoms with van der Waals surface area (Å²) in [5.74, 6) is 1.26. The minimum Gasteiger partial charge on any atom is -0.493 e. The van der Waals surface area contributed by atoms with Gasteiger partial charge in [0.25, 0.3) is 0 Å². The summed E-state index contributed by atoms with van der Waals surface area (Å²) in [4.78, 5) is 0.273. The van der Waals surface area contributed by atoms with E-state index in [1.54, 1.807) is 38.5 Å². The van der Waals surface area contributed by atoms with Crippen LogP contribution in [0.1, 0.15) is 11.1 Å². The van der Waals surface area contributed by atoms with Gasteiger partial charge in [-0.25, -0.2) is 13.1 Å². The molecule has 0 aliphatic rings. The second-order valence-corrected chi connectivity index (χ2v) is 6.88. The highest BCUT2D eigenvalue weighted by molar-refractivity contribution is 7.89. The third-order valence-electron chi connectivity index (χ3n) is 3.47. The Hall–Kier alpha value is -2.05. The van der Waals surface area contributed by atoms with Gasteiger partial charge in [0.2, 0.25) is 10.0 Å². The maximum Gasteiger partial charge on any atom is 0.240 e. The van der Waals surface area contributed by atoms with E-state index in [1.165, 1.54) is 0 Å². The Balaban J connectivity index is 2.08. The molecule has 0 amide bonds. The molecule has 6 heteroatoms. The zero-order chi connectivity index (χ0) is 16.9. The Morgan fingerprint density at radius 2 is 1.78 bits per heavy atom. The van der Waals surface area contributed by atoms with Gasteiger partial charge in [-0.15, -0.1) is 0 Å². The molecule has 0 atom stereocenters. The molecule has 0 aromatic heterocycles. The van der Waals surface area contributed by atoms with Crippen LogP contribution < -0.4 is 14.2 Å². The lowest BCUT2D eigenvalue weighted by molar-refractivity contribution is 0.351. The normalized spacial score (nSPS) is 11.3. The number of aryl methyl sites for hydroxylation is 1. The van der Waals surface area contributed by atoms with Gasteiger partial charge >= 0.3 is 0 Å². The van der Waals surface area contributed by atoms with Crippen molar-refractivity contribution in [1.82, 2.24) is 4.72 Å². The monoisotopic (exact) mass is 335 g/mol. The van der Waals surface area contributed by atoms with Crippen LogP contribution in [0.5, 0.6) is 11.5 Å². The lowest BCUT2D eigenvalue weighted by Gasteiger charge is -2.13. The maximum absolute atomic E-state index is 12.3. The number of methoxy groups -OCH3 is 2. The van der Waals surface area contributed by atoms with Crippen LogP contribution in [-0.2, 0) is 16.4 Å². The smallest absolute Gasteiger partial charge is 0.240 e. The molecule has 2 aromatic carbocycles. The van der Waals surface area contributed by atoms with Crippen LogP contribution in [0.4, 0.5) is 0 Å². The molecule has 2 rings (SSSR count). The summed E-state index contributed by atoms with van der Waals surface area (Å²) in [6.45, 7) is 2.14. The van der Waals surface area contributed by atoms with Crippen LogP contribution in [0, 0.1) is 6.92 Å². The van der Waals surface area contributed by atoms with Crippen LogP contribution in [-0.4, -0.2) is 29.2 Å². The third kappa shape index (κ3) is 4.24. The summed E-state index contributed by atoms with van der Waals surface area (Å²) in [6.07, 6.45) is 0.505. The van der Waals surface area contributed by atoms with E-state index in [9.17, 15) is 8.42 Å². The highest BCUT2D eigenvalue weighted by Gasteiger charge is 2.14. The minimum absolute atomic E-state index is 0.273. The number of nitrogens with one attached hydrogen (secondary N) is 1. The van der Waals surface area contributed by atoms with Crippen molar-refractivity contribution in [2.24, 2.45) is 0 Å². The van der Waals surface area contributed by atoms with Crippen LogP contribution in [0.3, 0.4) is 0 Å². The topological polar surface area (TPSA) is 64.6 Å². The molecule has 0 saturated carbocycles. The molecule has 0 saturated heterocycles. The molecule has 0 fully saturated rings. The molecule has 0 radical (unpaired) electrons. The molecule has 0 bridgehead atoms. The minimum atomic E-state index is -3.51. The van der Waals surface area contributed by atoms with Crippen LogP contribution in [0.2, 0.25) is 0 Å². The van der Waals surface area contributed by atoms with E-state index in [0.717, 1.165) is 11.1 Å². The lowest BCUT2D eigenvalue weighted by atomic mass is 10.1. The fraction of sp³-hybridized carbons (Fsp3) is 0.294. The van der Waals surface area contributed by atoms with Gasteiger partial charge in [0, 0.05) is 6.54 Å². The fourth-order valence-electron chi connectivity index (χ4n) is 2.34. The quantitative estimate of drug-likeness (QED) is 0.844. The molecule has 0 heterocycles. The third-order valence-corrected chi connectivity index (χ3v) is 4.93. The molecule has 1 N–H and O–H groups in total. The molecule has 0 spiro atoms. The van der Waals surface area contributed by atoms with Gasteiger partial charge in [0.05, 0.1) is 19.1 Å². The number of hydrogen-bond donors (Lipinski definition) is 1. The molecular formula is C17H21NO4S. The van der Waals surface area contributed by atoms with Gasteiger partial charge in [0.1, 0.15) is 0 Å². The van der Waals surface area contributed by atoms with Gasteiger partial charge < -0.3 is 9.47 Å². The van der Waals surface area contributed by atoms with Crippen LogP contribution in [0.25, 0.3) is 0 Å². The maximum atomic E-state index is 12.3. The van der Waals surface area contributed by atoms with Crippen molar-refractivity contribution >= 4 is 10.0 Å². The lowest BCUT2D eigenvalue weighted by Crippen LogP contribution is -2.26. The summed E-state index contributed by atoms with van der Waals surface area (Å²) in [5.41, 5.74) is 1.79. The van der Waals surface area contributed by atoms with E-state index >= 15 is 0 Å². The predicted octanol–water partition coefficient (Wildman–Crippen LogP) is 2.53. The van der Waals surface area contributed by atoms with Crippen molar-refractivity contribution in [2.45, 2.75) is 18.2 Å². The first-order chi connectivity index (χ1) is 11.0. The molecule has 0 aliphatic carbocycles. The van der Waals surface area contributed by atoms with Crippen molar-refractivity contribution in [3.8, 4) is 11.5 Å². The van der Waals surface area contributed by atoms with E-state index in [2.05, 4.69) is 4.72 Å². The zero-order valence-corrected chi connectivity index (χ0v) is 14.3. The van der Waals surface area contributed by atoms with Gasteiger partial charge in [-0.3, -0.25) is 0 Å². The summed E-state index contributed by atoms with van der Waals surface area (Å²) in [6, 6.07) is 12.4. The number of ether oxygens (including phenoxy) is 2. The van der Waals surface area contributed by atoms with Crippen molar-refractivity contribution in [1.29, 1.82) is 0 Å². The van der Waals surface area contributed by atoms with Gasteiger partial charge in [-0.1, -0.05) is 24.3 Å². The molecule has 5 nitrogen and oxygen atoms in total. The van der Waals surface area contributed by atoms with Gasteiger partial charge in [-0.2, -0.15) is 0 Å². The second-order valence-electron chi connectivity index (χ2n) is 5.12. The average Bonchev–Trinajstić information content (AvgIpc) is 2.54. The van der Waals surface area contributed by atoms with Crippen molar-refractivity contribution in [3.63, 3.8) is 0 Å². The number of para-hydroxylation sites is 1. The summed E-state index contributed by atoms with van der Waals surface area (Å²) in [5, 5.41) is 0. The average molecular weight is 335 g/mol. The Morgan fingerprint density at radius 1 is 1.04 bits per heavy atom. The molecular weight excluding hydrogens is 314 g/mol. The van der Waals surface area contributed by atoms with Crippen molar-refractivity contribution in [3.05, 3.63) is 53.6 Å². The summed E-state index contributed by atoms with van der Waals surface area (Å²) < 4.78 is 37.8. The van der Waals surface area contributed by atoms with E-state index in [4.69, 9.17) is 9.47 Å². The molecule has 124 valence electrons. The standard InChI is InChI=1S/C17H21NO4S/c1-13-6-4-8-15(12-13)23(19,20)18-11-10-14-7-5-9-16(21-2)17(14)22-3/h4-9,12,18H,10-11H2,1-3H3. The molecule has 2 aromatic rings. The Kier molecular flexibility index (Phi) is 5.63. The van der Waals surface area contributed by atoms with Crippen molar-refractivity contribution < 1.29 is 17.9 Å². The van der Waals surface area contributed by atoms with Gasteiger partial charge in [0.15, 0.2) is 11.5 Å². The Morgan fingerprint density at radius 3 is 2.43 bits per heavy atom. The highest BCUT2D eigenvalue weighted by Crippen LogP contribution is 2.30. The first-order valence-corrected chi connectivity index (χ1v) is 8.72. The number of rotatable bonds is 7. The Labute approximate surface area is 137 Å². The van der Waals surface area contributed by atoms with Gasteiger partial charge in [-0.05, 0) is 42.7 Å². The summed E-state index contributed by atoms with van der Waals surface area (Å²) >= 11 is 0. The number of benzene rings is 2. The first-order valence-electron chi connectivity index (χ1n) is 7.24. The predicted molar refractivity (Wildman–Crippen MR) is 89.6 cm³/mol.